The number of rotatable bonds is 8. The van der Waals surface area contributed by atoms with E-state index in [1.807, 2.05) is 4.68 Å². The zero-order valence-electron chi connectivity index (χ0n) is 25.2. The molecule has 2 fully saturated rings. The summed E-state index contributed by atoms with van der Waals surface area (Å²) in [5, 5.41) is 16.7. The molecule has 5 aromatic rings. The summed E-state index contributed by atoms with van der Waals surface area (Å²) in [7, 11) is 0. The highest BCUT2D eigenvalue weighted by atomic mass is 35.5. The van der Waals surface area contributed by atoms with Crippen molar-refractivity contribution >= 4 is 40.1 Å². The van der Waals surface area contributed by atoms with Gasteiger partial charge in [0.1, 0.15) is 22.9 Å². The monoisotopic (exact) mass is 654 g/mol. The van der Waals surface area contributed by atoms with Gasteiger partial charge in [-0.3, -0.25) is 19.5 Å². The van der Waals surface area contributed by atoms with E-state index >= 15 is 0 Å². The highest BCUT2D eigenvalue weighted by Crippen LogP contribution is 2.51. The molecule has 2 aliphatic carbocycles. The van der Waals surface area contributed by atoms with E-state index in [-0.39, 0.29) is 17.9 Å². The first-order valence-electron chi connectivity index (χ1n) is 15.2. The first-order valence-corrected chi connectivity index (χ1v) is 15.6. The van der Waals surface area contributed by atoms with Crippen LogP contribution >= 0.6 is 11.6 Å². The Morgan fingerprint density at radius 1 is 1.13 bits per heavy atom. The van der Waals surface area contributed by atoms with Crippen molar-refractivity contribution in [3.63, 3.8) is 0 Å². The lowest BCUT2D eigenvalue weighted by Crippen LogP contribution is -2.54. The minimum Gasteiger partial charge on any atom is -0.451 e. The number of hydrogen-bond acceptors (Lipinski definition) is 9. The Bertz CT molecular complexity index is 2090. The normalized spacial score (nSPS) is 19.8. The lowest BCUT2D eigenvalue weighted by molar-refractivity contribution is -0.169. The molecule has 2 saturated carbocycles. The van der Waals surface area contributed by atoms with Crippen LogP contribution in [0, 0.1) is 11.7 Å². The first-order chi connectivity index (χ1) is 22.5. The topological polar surface area (TPSA) is 162 Å². The van der Waals surface area contributed by atoms with Crippen LogP contribution in [0.5, 0.6) is 5.75 Å². The summed E-state index contributed by atoms with van der Waals surface area (Å²) in [5.41, 5.74) is 8.98. The van der Waals surface area contributed by atoms with Crippen molar-refractivity contribution in [2.24, 2.45) is 11.7 Å². The van der Waals surface area contributed by atoms with E-state index in [2.05, 4.69) is 15.0 Å². The largest absolute Gasteiger partial charge is 0.451 e. The smallest absolute Gasteiger partial charge is 0.299 e. The lowest BCUT2D eigenvalue weighted by Gasteiger charge is -2.37. The summed E-state index contributed by atoms with van der Waals surface area (Å²) in [6.45, 7) is 1.21. The van der Waals surface area contributed by atoms with Gasteiger partial charge in [-0.15, -0.1) is 0 Å². The molecule has 3 aliphatic rings. The van der Waals surface area contributed by atoms with Crippen molar-refractivity contribution < 1.29 is 23.8 Å². The maximum Gasteiger partial charge on any atom is 0.299 e. The van der Waals surface area contributed by atoms with E-state index in [0.29, 0.717) is 62.4 Å². The van der Waals surface area contributed by atoms with E-state index in [1.54, 1.807) is 30.5 Å². The van der Waals surface area contributed by atoms with Crippen molar-refractivity contribution in [1.29, 1.82) is 0 Å². The van der Waals surface area contributed by atoms with Gasteiger partial charge in [0.25, 0.3) is 17.6 Å². The predicted octanol–water partition coefficient (Wildman–Crippen LogP) is 4.30. The molecule has 0 bridgehead atoms. The van der Waals surface area contributed by atoms with E-state index in [9.17, 15) is 19.1 Å². The number of hydrogen-bond donors (Lipinski definition) is 2. The fourth-order valence-corrected chi connectivity index (χ4v) is 6.46. The van der Waals surface area contributed by atoms with Crippen LogP contribution in [0.15, 0.2) is 55.1 Å². The zero-order valence-corrected chi connectivity index (χ0v) is 25.9. The van der Waals surface area contributed by atoms with Gasteiger partial charge in [-0.1, -0.05) is 17.7 Å². The Kier molecular flexibility index (Phi) is 6.57. The molecule has 0 radical (unpaired) electrons. The van der Waals surface area contributed by atoms with Crippen LogP contribution in [-0.4, -0.2) is 52.4 Å². The number of primary amides is 1. The molecule has 14 heteroatoms. The summed E-state index contributed by atoms with van der Waals surface area (Å²) in [6.07, 6.45) is 9.78. The SMILES string of the molecule is C[C@@]1(O)Oc2cc(-c3c(C(N)=O)c(CC4CC4)nc4c3cnn4C3(c4ccc(F)cn4)CC3)ccc2N(Cc2ncc(Cl)cn2)C1=O. The van der Waals surface area contributed by atoms with Crippen LogP contribution in [-0.2, 0) is 23.3 Å². The second-order valence-corrected chi connectivity index (χ2v) is 12.9. The number of nitrogens with zero attached hydrogens (tertiary/aromatic N) is 7. The molecule has 5 heterocycles. The molecule has 3 N–H and O–H groups in total. The van der Waals surface area contributed by atoms with Gasteiger partial charge in [0.2, 0.25) is 0 Å². The maximum absolute atomic E-state index is 13.8. The second-order valence-electron chi connectivity index (χ2n) is 12.5. The number of amides is 2. The Balaban J connectivity index is 1.30. The van der Waals surface area contributed by atoms with Gasteiger partial charge in [-0.05, 0) is 67.9 Å². The number of ether oxygens (including phenoxy) is 1. The van der Waals surface area contributed by atoms with Gasteiger partial charge < -0.3 is 15.6 Å². The highest BCUT2D eigenvalue weighted by Gasteiger charge is 2.50. The van der Waals surface area contributed by atoms with Gasteiger partial charge in [0.15, 0.2) is 5.65 Å². The molecule has 1 aromatic carbocycles. The molecule has 1 atom stereocenters. The predicted molar refractivity (Wildman–Crippen MR) is 168 cm³/mol. The van der Waals surface area contributed by atoms with Crippen molar-refractivity contribution in [2.45, 2.75) is 56.9 Å². The minimum absolute atomic E-state index is 0.0499. The van der Waals surface area contributed by atoms with E-state index in [1.165, 1.54) is 36.5 Å². The van der Waals surface area contributed by atoms with Crippen LogP contribution in [0.25, 0.3) is 22.2 Å². The number of anilines is 1. The Hall–Kier alpha value is -5.01. The Labute approximate surface area is 272 Å². The Morgan fingerprint density at radius 2 is 1.89 bits per heavy atom. The average molecular weight is 655 g/mol. The van der Waals surface area contributed by atoms with Crippen LogP contribution in [0.4, 0.5) is 10.1 Å². The molecule has 238 valence electrons. The van der Waals surface area contributed by atoms with Gasteiger partial charge in [0, 0.05) is 30.3 Å². The summed E-state index contributed by atoms with van der Waals surface area (Å²) >= 11 is 5.94. The van der Waals surface area contributed by atoms with E-state index < -0.39 is 29.0 Å². The molecular formula is C33H28ClFN8O4. The standard InChI is InChI=1S/C33H28ClFN8O4/c1-32(46)31(45)42(16-26-38-12-19(34)13-39-26)23-6-4-18(11-24(23)47-32)27-21-15-40-43(33(8-9-33)25-7-5-20(35)14-37-25)30(21)41-22(10-17-2-3-17)28(27)29(36)44/h4-7,11-15,17,46H,2-3,8-10,16H2,1H3,(H2,36,44)/t32-/m1/s1. The van der Waals surface area contributed by atoms with Crippen LogP contribution in [0.3, 0.4) is 0 Å². The first kappa shape index (κ1) is 29.4. The molecule has 8 rings (SSSR count). The third kappa shape index (κ3) is 4.97. The second kappa shape index (κ2) is 10.5. The number of carbonyl (C=O) groups is 2. The molecule has 0 unspecified atom stereocenters. The molecule has 12 nitrogen and oxygen atoms in total. The van der Waals surface area contributed by atoms with Gasteiger partial charge in [-0.2, -0.15) is 5.10 Å². The highest BCUT2D eigenvalue weighted by molar-refractivity contribution is 6.30. The molecule has 1 aliphatic heterocycles. The van der Waals surface area contributed by atoms with E-state index in [4.69, 9.17) is 32.2 Å². The number of fused-ring (bicyclic) bond motifs is 2. The van der Waals surface area contributed by atoms with Crippen molar-refractivity contribution in [3.8, 4) is 16.9 Å². The number of benzene rings is 1. The molecule has 4 aromatic heterocycles. The van der Waals surface area contributed by atoms with Crippen molar-refractivity contribution in [1.82, 2.24) is 29.7 Å². The average Bonchev–Trinajstić information content (AvgIpc) is 3.98. The van der Waals surface area contributed by atoms with Gasteiger partial charge in [0.05, 0.1) is 46.6 Å². The molecule has 0 saturated heterocycles. The zero-order chi connectivity index (χ0) is 32.7. The van der Waals surface area contributed by atoms with Crippen molar-refractivity contribution in [2.75, 3.05) is 4.90 Å². The van der Waals surface area contributed by atoms with E-state index in [0.717, 1.165) is 25.7 Å². The van der Waals surface area contributed by atoms with Gasteiger partial charge >= 0.3 is 0 Å². The summed E-state index contributed by atoms with van der Waals surface area (Å²) in [5.74, 6) is -3.06. The number of carbonyl (C=O) groups excluding carboxylic acids is 2. The number of aromatic nitrogens is 6. The fourth-order valence-electron chi connectivity index (χ4n) is 6.37. The Morgan fingerprint density at radius 3 is 2.55 bits per heavy atom. The molecular weight excluding hydrogens is 627 g/mol. The number of pyridine rings is 2. The summed E-state index contributed by atoms with van der Waals surface area (Å²) < 4.78 is 21.4. The van der Waals surface area contributed by atoms with Crippen LogP contribution in [0.2, 0.25) is 5.02 Å². The van der Waals surface area contributed by atoms with Gasteiger partial charge in [-0.25, -0.2) is 24.0 Å². The fraction of sp³-hybridized carbons (Fsp3) is 0.303. The lowest BCUT2D eigenvalue weighted by atomic mass is 9.93. The third-order valence-electron chi connectivity index (χ3n) is 9.01. The third-order valence-corrected chi connectivity index (χ3v) is 9.21. The molecule has 47 heavy (non-hydrogen) atoms. The van der Waals surface area contributed by atoms with Crippen molar-refractivity contribution in [3.05, 3.63) is 88.7 Å². The quantitative estimate of drug-likeness (QED) is 0.248. The number of halogens is 2. The number of aliphatic hydroxyl groups is 1. The molecule has 2 amide bonds. The molecule has 0 spiro atoms. The number of nitrogens with two attached hydrogens (primary N) is 1. The minimum atomic E-state index is -2.19. The summed E-state index contributed by atoms with van der Waals surface area (Å²) in [4.78, 5) is 45.6. The van der Waals surface area contributed by atoms with Crippen LogP contribution < -0.4 is 15.4 Å². The maximum atomic E-state index is 13.8. The van der Waals surface area contributed by atoms with Crippen LogP contribution in [0.1, 0.15) is 60.2 Å². The summed E-state index contributed by atoms with van der Waals surface area (Å²) in [6, 6.07) is 8.15.